The van der Waals surface area contributed by atoms with Crippen molar-refractivity contribution in [1.82, 2.24) is 4.98 Å². The van der Waals surface area contributed by atoms with Crippen LogP contribution in [0.1, 0.15) is 30.8 Å². The first-order valence-corrected chi connectivity index (χ1v) is 8.10. The van der Waals surface area contributed by atoms with Gasteiger partial charge in [0.2, 0.25) is 0 Å². The summed E-state index contributed by atoms with van der Waals surface area (Å²) in [5.41, 5.74) is 0.718. The van der Waals surface area contributed by atoms with E-state index >= 15 is 0 Å². The highest BCUT2D eigenvalue weighted by Crippen LogP contribution is 2.40. The number of aromatic nitrogens is 1. The van der Waals surface area contributed by atoms with Crippen molar-refractivity contribution in [2.75, 3.05) is 13.2 Å². The van der Waals surface area contributed by atoms with E-state index in [2.05, 4.69) is 4.98 Å². The maximum absolute atomic E-state index is 10.9. The molecule has 2 aromatic rings. The summed E-state index contributed by atoms with van der Waals surface area (Å²) in [6.07, 6.45) is 0.859. The quantitative estimate of drug-likeness (QED) is 0.810. The van der Waals surface area contributed by atoms with Gasteiger partial charge in [0.15, 0.2) is 17.2 Å². The van der Waals surface area contributed by atoms with Crippen LogP contribution in [0.25, 0.3) is 10.6 Å². The van der Waals surface area contributed by atoms with Crippen molar-refractivity contribution in [3.63, 3.8) is 0 Å². The van der Waals surface area contributed by atoms with Crippen molar-refractivity contribution < 1.29 is 19.4 Å². The molecule has 0 amide bonds. The number of rotatable bonds is 7. The van der Waals surface area contributed by atoms with Gasteiger partial charge in [-0.1, -0.05) is 18.5 Å². The molecule has 0 aliphatic carbocycles. The average Bonchev–Trinajstić information content (AvgIpc) is 2.96. The molecule has 1 aromatic heterocycles. The number of carbonyl (C=O) groups is 1. The standard InChI is InChI=1S/C15H16ClNO4S/c1-3-5-21-13-10(16)6-9(7-12(13)20-4-2)14-17-11(8-22-14)15(18)19/h6-8H,3-5H2,1-2H3,(H,18,19). The molecule has 0 fully saturated rings. The van der Waals surface area contributed by atoms with Gasteiger partial charge in [0.1, 0.15) is 5.01 Å². The smallest absolute Gasteiger partial charge is 0.355 e. The highest BCUT2D eigenvalue weighted by Gasteiger charge is 2.16. The lowest BCUT2D eigenvalue weighted by Crippen LogP contribution is -2.01. The minimum Gasteiger partial charge on any atom is -0.490 e. The van der Waals surface area contributed by atoms with Gasteiger partial charge in [0.05, 0.1) is 18.2 Å². The van der Waals surface area contributed by atoms with E-state index in [9.17, 15) is 4.79 Å². The van der Waals surface area contributed by atoms with Crippen molar-refractivity contribution >= 4 is 28.9 Å². The number of nitrogens with zero attached hydrogens (tertiary/aromatic N) is 1. The Kier molecular flexibility index (Phi) is 5.63. The van der Waals surface area contributed by atoms with E-state index in [-0.39, 0.29) is 5.69 Å². The predicted molar refractivity (Wildman–Crippen MR) is 86.5 cm³/mol. The number of halogens is 1. The van der Waals surface area contributed by atoms with Crippen molar-refractivity contribution in [3.05, 3.63) is 28.2 Å². The fraction of sp³-hybridized carbons (Fsp3) is 0.333. The van der Waals surface area contributed by atoms with Gasteiger partial charge in [-0.15, -0.1) is 11.3 Å². The van der Waals surface area contributed by atoms with Gasteiger partial charge < -0.3 is 14.6 Å². The second-order valence-electron chi connectivity index (χ2n) is 4.41. The predicted octanol–water partition coefficient (Wildman–Crippen LogP) is 4.35. The first kappa shape index (κ1) is 16.6. The van der Waals surface area contributed by atoms with E-state index in [1.54, 1.807) is 12.1 Å². The SMILES string of the molecule is CCCOc1c(Cl)cc(-c2nc(C(=O)O)cs2)cc1OCC. The second-order valence-corrected chi connectivity index (χ2v) is 5.68. The number of ether oxygens (including phenoxy) is 2. The summed E-state index contributed by atoms with van der Waals surface area (Å²) in [5, 5.41) is 11.4. The number of carboxylic acids is 1. The molecular weight excluding hydrogens is 326 g/mol. The fourth-order valence-corrected chi connectivity index (χ4v) is 2.85. The summed E-state index contributed by atoms with van der Waals surface area (Å²) in [4.78, 5) is 15.0. The summed E-state index contributed by atoms with van der Waals surface area (Å²) in [6, 6.07) is 3.48. The summed E-state index contributed by atoms with van der Waals surface area (Å²) >= 11 is 7.52. The molecule has 0 saturated heterocycles. The minimum absolute atomic E-state index is 0.0143. The molecule has 0 radical (unpaired) electrons. The maximum Gasteiger partial charge on any atom is 0.355 e. The molecular formula is C15H16ClNO4S. The van der Waals surface area contributed by atoms with Crippen LogP contribution >= 0.6 is 22.9 Å². The Balaban J connectivity index is 2.41. The van der Waals surface area contributed by atoms with Crippen LogP contribution in [0.5, 0.6) is 11.5 Å². The van der Waals surface area contributed by atoms with Crippen molar-refractivity contribution in [2.24, 2.45) is 0 Å². The molecule has 7 heteroatoms. The highest BCUT2D eigenvalue weighted by molar-refractivity contribution is 7.13. The Hall–Kier alpha value is -1.79. The Labute approximate surface area is 137 Å². The third-order valence-corrected chi connectivity index (χ3v) is 3.90. The molecule has 0 aliphatic heterocycles. The molecule has 1 heterocycles. The van der Waals surface area contributed by atoms with E-state index in [0.29, 0.717) is 40.3 Å². The maximum atomic E-state index is 10.9. The second kappa shape index (κ2) is 7.47. The van der Waals surface area contributed by atoms with Gasteiger partial charge in [-0.2, -0.15) is 0 Å². The van der Waals surface area contributed by atoms with Crippen LogP contribution in [0.2, 0.25) is 5.02 Å². The number of aromatic carboxylic acids is 1. The van der Waals surface area contributed by atoms with E-state index in [1.807, 2.05) is 13.8 Å². The molecule has 22 heavy (non-hydrogen) atoms. The molecule has 0 atom stereocenters. The normalized spacial score (nSPS) is 10.5. The zero-order chi connectivity index (χ0) is 16.1. The van der Waals surface area contributed by atoms with Crippen LogP contribution in [0, 0.1) is 0 Å². The largest absolute Gasteiger partial charge is 0.490 e. The van der Waals surface area contributed by atoms with Gasteiger partial charge in [-0.25, -0.2) is 9.78 Å². The summed E-state index contributed by atoms with van der Waals surface area (Å²) < 4.78 is 11.2. The van der Waals surface area contributed by atoms with Crippen LogP contribution in [-0.4, -0.2) is 29.3 Å². The first-order valence-electron chi connectivity index (χ1n) is 6.85. The molecule has 0 saturated carbocycles. The van der Waals surface area contributed by atoms with Crippen LogP contribution in [-0.2, 0) is 0 Å². The Bertz CT molecular complexity index is 672. The number of hydrogen-bond acceptors (Lipinski definition) is 5. The molecule has 2 rings (SSSR count). The fourth-order valence-electron chi connectivity index (χ4n) is 1.80. The van der Waals surface area contributed by atoms with Gasteiger partial charge >= 0.3 is 5.97 Å². The van der Waals surface area contributed by atoms with E-state index in [1.165, 1.54) is 16.7 Å². The van der Waals surface area contributed by atoms with Gasteiger partial charge in [0.25, 0.3) is 0 Å². The van der Waals surface area contributed by atoms with Crippen LogP contribution < -0.4 is 9.47 Å². The van der Waals surface area contributed by atoms with E-state index < -0.39 is 5.97 Å². The van der Waals surface area contributed by atoms with Crippen LogP contribution in [0.15, 0.2) is 17.5 Å². The molecule has 1 N–H and O–H groups in total. The zero-order valence-corrected chi connectivity index (χ0v) is 13.8. The monoisotopic (exact) mass is 341 g/mol. The van der Waals surface area contributed by atoms with Gasteiger partial charge in [0, 0.05) is 10.9 Å². The van der Waals surface area contributed by atoms with Crippen LogP contribution in [0.4, 0.5) is 0 Å². The van der Waals surface area contributed by atoms with Crippen molar-refractivity contribution in [1.29, 1.82) is 0 Å². The van der Waals surface area contributed by atoms with Crippen LogP contribution in [0.3, 0.4) is 0 Å². The Morgan fingerprint density at radius 3 is 2.73 bits per heavy atom. The summed E-state index contributed by atoms with van der Waals surface area (Å²) in [7, 11) is 0. The summed E-state index contributed by atoms with van der Waals surface area (Å²) in [6.45, 7) is 4.89. The number of thiazole rings is 1. The lowest BCUT2D eigenvalue weighted by atomic mass is 10.2. The molecule has 0 spiro atoms. The minimum atomic E-state index is -1.05. The third-order valence-electron chi connectivity index (χ3n) is 2.73. The molecule has 118 valence electrons. The summed E-state index contributed by atoms with van der Waals surface area (Å²) in [5.74, 6) is -0.0174. The lowest BCUT2D eigenvalue weighted by molar-refractivity contribution is 0.0691. The average molecular weight is 342 g/mol. The molecule has 5 nitrogen and oxygen atoms in total. The molecule has 0 aliphatic rings. The topological polar surface area (TPSA) is 68.7 Å². The number of benzene rings is 1. The Morgan fingerprint density at radius 2 is 2.14 bits per heavy atom. The van der Waals surface area contributed by atoms with E-state index in [4.69, 9.17) is 26.2 Å². The third kappa shape index (κ3) is 3.69. The Morgan fingerprint density at radius 1 is 1.36 bits per heavy atom. The van der Waals surface area contributed by atoms with E-state index in [0.717, 1.165) is 6.42 Å². The van der Waals surface area contributed by atoms with Gasteiger partial charge in [-0.3, -0.25) is 0 Å². The number of carboxylic acid groups (broad SMARTS) is 1. The molecule has 0 bridgehead atoms. The van der Waals surface area contributed by atoms with Crippen molar-refractivity contribution in [2.45, 2.75) is 20.3 Å². The van der Waals surface area contributed by atoms with Crippen molar-refractivity contribution in [3.8, 4) is 22.1 Å². The molecule has 0 unspecified atom stereocenters. The number of hydrogen-bond donors (Lipinski definition) is 1. The first-order chi connectivity index (χ1) is 10.6. The lowest BCUT2D eigenvalue weighted by Gasteiger charge is -2.14. The zero-order valence-electron chi connectivity index (χ0n) is 12.3. The molecule has 1 aromatic carbocycles. The highest BCUT2D eigenvalue weighted by atomic mass is 35.5. The van der Waals surface area contributed by atoms with Gasteiger partial charge in [-0.05, 0) is 25.5 Å².